The van der Waals surface area contributed by atoms with Gasteiger partial charge in [0.25, 0.3) is 0 Å². The summed E-state index contributed by atoms with van der Waals surface area (Å²) in [7, 11) is 1.71. The van der Waals surface area contributed by atoms with E-state index in [9.17, 15) is 0 Å². The van der Waals surface area contributed by atoms with Crippen LogP contribution in [-0.2, 0) is 4.74 Å². The highest BCUT2D eigenvalue weighted by atomic mass is 127. The standard InChI is InChI=1S/C13H22IN3O/c1-6-7-15-12-10(14)9(4)16-13(17-12)11(18-5)8(2)3/h8,11H,6-7H2,1-5H3,(H,15,16,17). The summed E-state index contributed by atoms with van der Waals surface area (Å²) in [5.74, 6) is 2.04. The summed E-state index contributed by atoms with van der Waals surface area (Å²) in [5.41, 5.74) is 1.00. The van der Waals surface area contributed by atoms with E-state index in [1.807, 2.05) is 6.92 Å². The van der Waals surface area contributed by atoms with E-state index in [4.69, 9.17) is 4.74 Å². The quantitative estimate of drug-likeness (QED) is 0.786. The van der Waals surface area contributed by atoms with Crippen molar-refractivity contribution in [3.05, 3.63) is 15.1 Å². The van der Waals surface area contributed by atoms with E-state index in [0.29, 0.717) is 5.92 Å². The maximum Gasteiger partial charge on any atom is 0.160 e. The minimum Gasteiger partial charge on any atom is -0.373 e. The first kappa shape index (κ1) is 15.6. The van der Waals surface area contributed by atoms with Crippen molar-refractivity contribution in [2.45, 2.75) is 40.2 Å². The highest BCUT2D eigenvalue weighted by molar-refractivity contribution is 14.1. The van der Waals surface area contributed by atoms with Crippen LogP contribution in [-0.4, -0.2) is 23.6 Å². The summed E-state index contributed by atoms with van der Waals surface area (Å²) in [5, 5.41) is 3.35. The summed E-state index contributed by atoms with van der Waals surface area (Å²) in [6.45, 7) is 9.30. The summed E-state index contributed by atoms with van der Waals surface area (Å²) in [6.07, 6.45) is 1.02. The minimum atomic E-state index is -0.0529. The molecule has 0 aliphatic carbocycles. The molecule has 0 fully saturated rings. The van der Waals surface area contributed by atoms with E-state index in [1.165, 1.54) is 0 Å². The van der Waals surface area contributed by atoms with Gasteiger partial charge in [-0.05, 0) is 41.9 Å². The maximum atomic E-state index is 5.50. The van der Waals surface area contributed by atoms with Crippen LogP contribution < -0.4 is 5.32 Å². The van der Waals surface area contributed by atoms with Gasteiger partial charge in [0.1, 0.15) is 11.9 Å². The lowest BCUT2D eigenvalue weighted by Crippen LogP contribution is -2.16. The fourth-order valence-electron chi connectivity index (χ4n) is 1.74. The Balaban J connectivity index is 3.10. The molecule has 0 saturated carbocycles. The third-order valence-corrected chi connectivity index (χ3v) is 3.98. The third-order valence-electron chi connectivity index (χ3n) is 2.69. The van der Waals surface area contributed by atoms with Gasteiger partial charge in [-0.2, -0.15) is 0 Å². The van der Waals surface area contributed by atoms with Crippen molar-refractivity contribution in [2.24, 2.45) is 5.92 Å². The Bertz CT molecular complexity index is 396. The zero-order valence-corrected chi connectivity index (χ0v) is 13.9. The zero-order chi connectivity index (χ0) is 13.7. The van der Waals surface area contributed by atoms with Gasteiger partial charge in [0.05, 0.1) is 9.26 Å². The Morgan fingerprint density at radius 1 is 1.33 bits per heavy atom. The Labute approximate surface area is 123 Å². The molecular weight excluding hydrogens is 341 g/mol. The molecule has 0 spiro atoms. The third kappa shape index (κ3) is 3.78. The summed E-state index contributed by atoms with van der Waals surface area (Å²) in [4.78, 5) is 9.16. The van der Waals surface area contributed by atoms with Crippen LogP contribution >= 0.6 is 22.6 Å². The van der Waals surface area contributed by atoms with Crippen molar-refractivity contribution in [3.63, 3.8) is 0 Å². The predicted molar refractivity (Wildman–Crippen MR) is 82.9 cm³/mol. The van der Waals surface area contributed by atoms with Crippen molar-refractivity contribution in [1.82, 2.24) is 9.97 Å². The molecule has 1 N–H and O–H groups in total. The van der Waals surface area contributed by atoms with Crippen LogP contribution in [0.25, 0.3) is 0 Å². The molecule has 0 amide bonds. The molecule has 1 atom stereocenters. The van der Waals surface area contributed by atoms with Gasteiger partial charge in [0.15, 0.2) is 5.82 Å². The maximum absolute atomic E-state index is 5.50. The zero-order valence-electron chi connectivity index (χ0n) is 11.7. The molecule has 5 heteroatoms. The predicted octanol–water partition coefficient (Wildman–Crippen LogP) is 3.56. The van der Waals surface area contributed by atoms with Gasteiger partial charge < -0.3 is 10.1 Å². The van der Waals surface area contributed by atoms with Crippen molar-refractivity contribution in [1.29, 1.82) is 0 Å². The molecular formula is C13H22IN3O. The lowest BCUT2D eigenvalue weighted by atomic mass is 10.1. The van der Waals surface area contributed by atoms with Crippen molar-refractivity contribution in [2.75, 3.05) is 19.0 Å². The van der Waals surface area contributed by atoms with Gasteiger partial charge in [0.2, 0.25) is 0 Å². The molecule has 0 aromatic carbocycles. The molecule has 0 aliphatic heterocycles. The molecule has 4 nitrogen and oxygen atoms in total. The number of anilines is 1. The average Bonchev–Trinajstić information content (AvgIpc) is 2.32. The first-order valence-electron chi connectivity index (χ1n) is 6.31. The Morgan fingerprint density at radius 3 is 2.50 bits per heavy atom. The van der Waals surface area contributed by atoms with Gasteiger partial charge >= 0.3 is 0 Å². The second-order valence-corrected chi connectivity index (χ2v) is 5.74. The van der Waals surface area contributed by atoms with E-state index < -0.39 is 0 Å². The number of rotatable bonds is 6. The van der Waals surface area contributed by atoms with Crippen LogP contribution in [0.5, 0.6) is 0 Å². The number of aromatic nitrogens is 2. The number of nitrogens with one attached hydrogen (secondary N) is 1. The fourth-order valence-corrected chi connectivity index (χ4v) is 2.18. The minimum absolute atomic E-state index is 0.0529. The number of aryl methyl sites for hydroxylation is 1. The molecule has 1 aromatic heterocycles. The molecule has 0 bridgehead atoms. The molecule has 18 heavy (non-hydrogen) atoms. The largest absolute Gasteiger partial charge is 0.373 e. The second-order valence-electron chi connectivity index (χ2n) is 4.66. The molecule has 0 radical (unpaired) electrons. The average molecular weight is 363 g/mol. The van der Waals surface area contributed by atoms with Crippen LogP contribution in [0.3, 0.4) is 0 Å². The number of hydrogen-bond acceptors (Lipinski definition) is 4. The first-order valence-corrected chi connectivity index (χ1v) is 7.39. The lowest BCUT2D eigenvalue weighted by molar-refractivity contribution is 0.0574. The van der Waals surface area contributed by atoms with Gasteiger partial charge in [-0.3, -0.25) is 0 Å². The van der Waals surface area contributed by atoms with Crippen molar-refractivity contribution < 1.29 is 4.74 Å². The Hall–Kier alpha value is -0.430. The summed E-state index contributed by atoms with van der Waals surface area (Å²) < 4.78 is 6.58. The molecule has 1 heterocycles. The fraction of sp³-hybridized carbons (Fsp3) is 0.692. The number of hydrogen-bond donors (Lipinski definition) is 1. The molecule has 1 unspecified atom stereocenters. The Kier molecular flexibility index (Phi) is 6.28. The normalized spacial score (nSPS) is 12.8. The molecule has 102 valence electrons. The highest BCUT2D eigenvalue weighted by Crippen LogP contribution is 2.26. The van der Waals surface area contributed by atoms with Crippen molar-refractivity contribution in [3.8, 4) is 0 Å². The molecule has 0 aliphatic rings. The van der Waals surface area contributed by atoms with Gasteiger partial charge in [-0.15, -0.1) is 0 Å². The number of halogens is 1. The van der Waals surface area contributed by atoms with Gasteiger partial charge in [-0.1, -0.05) is 20.8 Å². The van der Waals surface area contributed by atoms with Crippen LogP contribution in [0.15, 0.2) is 0 Å². The number of ether oxygens (including phenoxy) is 1. The number of nitrogens with zero attached hydrogens (tertiary/aromatic N) is 2. The second kappa shape index (κ2) is 7.23. The molecule has 1 aromatic rings. The van der Waals surface area contributed by atoms with E-state index in [2.05, 4.69) is 58.6 Å². The van der Waals surface area contributed by atoms with Gasteiger partial charge in [0, 0.05) is 13.7 Å². The SMILES string of the molecule is CCCNc1nc(C(OC)C(C)C)nc(C)c1I. The van der Waals surface area contributed by atoms with Crippen LogP contribution in [0.4, 0.5) is 5.82 Å². The van der Waals surface area contributed by atoms with E-state index >= 15 is 0 Å². The van der Waals surface area contributed by atoms with E-state index in [0.717, 1.165) is 33.9 Å². The summed E-state index contributed by atoms with van der Waals surface area (Å²) >= 11 is 2.29. The van der Waals surface area contributed by atoms with Gasteiger partial charge in [-0.25, -0.2) is 9.97 Å². The molecule has 0 saturated heterocycles. The Morgan fingerprint density at radius 2 is 2.00 bits per heavy atom. The van der Waals surface area contributed by atoms with Crippen LogP contribution in [0.1, 0.15) is 44.8 Å². The highest BCUT2D eigenvalue weighted by Gasteiger charge is 2.20. The number of methoxy groups -OCH3 is 1. The van der Waals surface area contributed by atoms with Crippen LogP contribution in [0.2, 0.25) is 0 Å². The van der Waals surface area contributed by atoms with Crippen molar-refractivity contribution >= 4 is 28.4 Å². The topological polar surface area (TPSA) is 47.0 Å². The lowest BCUT2D eigenvalue weighted by Gasteiger charge is -2.19. The summed E-state index contributed by atoms with van der Waals surface area (Å²) in [6, 6.07) is 0. The monoisotopic (exact) mass is 363 g/mol. The van der Waals surface area contributed by atoms with E-state index in [-0.39, 0.29) is 6.10 Å². The smallest absolute Gasteiger partial charge is 0.160 e. The van der Waals surface area contributed by atoms with E-state index in [1.54, 1.807) is 7.11 Å². The first-order chi connectivity index (χ1) is 8.51. The molecule has 1 rings (SSSR count). The van der Waals surface area contributed by atoms with Crippen LogP contribution in [0, 0.1) is 16.4 Å².